The largest absolute Gasteiger partial charge is 0.378 e. The first-order valence-corrected chi connectivity index (χ1v) is 10.5. The van der Waals surface area contributed by atoms with Crippen molar-refractivity contribution in [2.45, 2.75) is 6.92 Å². The molecule has 2 aromatic carbocycles. The van der Waals surface area contributed by atoms with Crippen molar-refractivity contribution in [1.29, 1.82) is 0 Å². The zero-order valence-electron chi connectivity index (χ0n) is 17.7. The summed E-state index contributed by atoms with van der Waals surface area (Å²) in [7, 11) is 0. The van der Waals surface area contributed by atoms with Gasteiger partial charge in [-0.15, -0.1) is 0 Å². The molecule has 1 aromatic heterocycles. The summed E-state index contributed by atoms with van der Waals surface area (Å²) in [5.41, 5.74) is 0.456. The van der Waals surface area contributed by atoms with Gasteiger partial charge in [0.2, 0.25) is 5.43 Å². The highest BCUT2D eigenvalue weighted by Gasteiger charge is 2.22. The zero-order valence-corrected chi connectivity index (χ0v) is 18.4. The number of anilines is 2. The Kier molecular flexibility index (Phi) is 6.38. The van der Waals surface area contributed by atoms with E-state index in [1.165, 1.54) is 28.9 Å². The summed E-state index contributed by atoms with van der Waals surface area (Å²) >= 11 is 6.15. The number of nitro benzene ring substituents is 1. The fourth-order valence-corrected chi connectivity index (χ4v) is 3.79. The Balaban J connectivity index is 1.72. The highest BCUT2D eigenvalue weighted by atomic mass is 35.5. The van der Waals surface area contributed by atoms with Gasteiger partial charge in [0.15, 0.2) is 5.69 Å². The van der Waals surface area contributed by atoms with Crippen molar-refractivity contribution >= 4 is 34.6 Å². The number of hydrogen-bond donors (Lipinski definition) is 1. The van der Waals surface area contributed by atoms with Gasteiger partial charge >= 0.3 is 0 Å². The number of carbonyl (C=O) groups excluding carboxylic acids is 1. The maximum Gasteiger partial charge on any atom is 0.294 e. The molecule has 1 aliphatic heterocycles. The molecule has 1 saturated heterocycles. The fourth-order valence-electron chi connectivity index (χ4n) is 3.62. The number of aryl methyl sites for hydroxylation is 1. The molecule has 1 amide bonds. The maximum atomic E-state index is 13.1. The van der Waals surface area contributed by atoms with Crippen LogP contribution >= 0.6 is 11.6 Å². The van der Waals surface area contributed by atoms with Crippen LogP contribution in [0.15, 0.2) is 53.3 Å². The minimum atomic E-state index is -0.746. The van der Waals surface area contributed by atoms with Crippen LogP contribution in [0.4, 0.5) is 17.1 Å². The molecule has 10 nitrogen and oxygen atoms in total. The molecule has 1 aliphatic rings. The number of nitrogens with one attached hydrogen (secondary N) is 1. The zero-order chi connectivity index (χ0) is 23.5. The molecule has 0 atom stereocenters. The Morgan fingerprint density at radius 1 is 1.15 bits per heavy atom. The number of ether oxygens (including phenoxy) is 1. The monoisotopic (exact) mass is 469 g/mol. The fraction of sp³-hybridized carbons (Fsp3) is 0.227. The van der Waals surface area contributed by atoms with E-state index in [-0.39, 0.29) is 11.4 Å². The van der Waals surface area contributed by atoms with E-state index < -0.39 is 22.0 Å². The quantitative estimate of drug-likeness (QED) is 0.450. The number of carbonyl (C=O) groups is 1. The molecule has 170 valence electrons. The van der Waals surface area contributed by atoms with Crippen LogP contribution < -0.4 is 15.6 Å². The molecule has 1 N–H and O–H groups in total. The van der Waals surface area contributed by atoms with Crippen LogP contribution in [0.2, 0.25) is 5.02 Å². The second-order valence-electron chi connectivity index (χ2n) is 7.37. The number of hydrogen-bond acceptors (Lipinski definition) is 7. The summed E-state index contributed by atoms with van der Waals surface area (Å²) in [5.74, 6) is -0.746. The van der Waals surface area contributed by atoms with Gasteiger partial charge < -0.3 is 15.0 Å². The molecule has 1 fully saturated rings. The van der Waals surface area contributed by atoms with Gasteiger partial charge in [-0.1, -0.05) is 23.7 Å². The molecule has 3 aromatic rings. The molecule has 0 radical (unpaired) electrons. The number of amides is 1. The van der Waals surface area contributed by atoms with Crippen molar-refractivity contribution in [2.75, 3.05) is 36.5 Å². The van der Waals surface area contributed by atoms with Gasteiger partial charge in [-0.2, -0.15) is 5.10 Å². The highest BCUT2D eigenvalue weighted by Crippen LogP contribution is 2.30. The summed E-state index contributed by atoms with van der Waals surface area (Å²) in [5, 5.41) is 18.8. The molecule has 33 heavy (non-hydrogen) atoms. The molecule has 2 heterocycles. The van der Waals surface area contributed by atoms with Gasteiger partial charge in [0.1, 0.15) is 5.69 Å². The molecule has 0 aliphatic carbocycles. The van der Waals surface area contributed by atoms with Crippen LogP contribution in [0, 0.1) is 17.0 Å². The number of nitrogens with zero attached hydrogens (tertiary/aromatic N) is 4. The lowest BCUT2D eigenvalue weighted by atomic mass is 10.2. The standard InChI is InChI=1S/C22H20ClN5O5/c1-14-12-20(29)21(25-27(14)18-4-2-3-5-19(18)28(31)32)22(30)24-16-13-15(23)6-7-17(16)26-8-10-33-11-9-26/h2-7,12-13H,8-11H2,1H3,(H,24,30). The average Bonchev–Trinajstić information content (AvgIpc) is 2.80. The van der Waals surface area contributed by atoms with E-state index in [2.05, 4.69) is 10.4 Å². The third-order valence-electron chi connectivity index (χ3n) is 5.19. The van der Waals surface area contributed by atoms with Gasteiger partial charge in [0.25, 0.3) is 11.6 Å². The lowest BCUT2D eigenvalue weighted by molar-refractivity contribution is -0.384. The van der Waals surface area contributed by atoms with Crippen LogP contribution in [-0.2, 0) is 4.74 Å². The molecule has 0 unspecified atom stereocenters. The number of morpholine rings is 1. The Hall–Kier alpha value is -3.76. The number of aromatic nitrogens is 2. The minimum absolute atomic E-state index is 0.144. The van der Waals surface area contributed by atoms with E-state index in [0.717, 1.165) is 5.69 Å². The topological polar surface area (TPSA) is 120 Å². The average molecular weight is 470 g/mol. The Morgan fingerprint density at radius 3 is 2.61 bits per heavy atom. The van der Waals surface area contributed by atoms with Crippen molar-refractivity contribution in [3.8, 4) is 5.69 Å². The van der Waals surface area contributed by atoms with E-state index in [9.17, 15) is 19.7 Å². The van der Waals surface area contributed by atoms with E-state index in [0.29, 0.717) is 42.7 Å². The molecule has 4 rings (SSSR count). The van der Waals surface area contributed by atoms with E-state index in [1.807, 2.05) is 4.90 Å². The van der Waals surface area contributed by atoms with Crippen LogP contribution in [-0.4, -0.2) is 46.9 Å². The Labute approximate surface area is 193 Å². The summed E-state index contributed by atoms with van der Waals surface area (Å²) in [6, 6.07) is 12.3. The van der Waals surface area contributed by atoms with Crippen LogP contribution in [0.1, 0.15) is 16.2 Å². The van der Waals surface area contributed by atoms with Gasteiger partial charge in [-0.3, -0.25) is 19.7 Å². The normalized spacial score (nSPS) is 13.6. The third-order valence-corrected chi connectivity index (χ3v) is 5.42. The number of benzene rings is 2. The summed E-state index contributed by atoms with van der Waals surface area (Å²) in [6.45, 7) is 3.96. The Morgan fingerprint density at radius 2 is 1.88 bits per heavy atom. The maximum absolute atomic E-state index is 13.1. The highest BCUT2D eigenvalue weighted by molar-refractivity contribution is 6.31. The first kappa shape index (κ1) is 22.4. The predicted molar refractivity (Wildman–Crippen MR) is 124 cm³/mol. The van der Waals surface area contributed by atoms with Crippen molar-refractivity contribution in [2.24, 2.45) is 0 Å². The van der Waals surface area contributed by atoms with Crippen LogP contribution in [0.5, 0.6) is 0 Å². The second-order valence-corrected chi connectivity index (χ2v) is 7.81. The molecular weight excluding hydrogens is 450 g/mol. The van der Waals surface area contributed by atoms with Crippen molar-refractivity contribution in [3.63, 3.8) is 0 Å². The van der Waals surface area contributed by atoms with Crippen LogP contribution in [0.3, 0.4) is 0 Å². The predicted octanol–water partition coefficient (Wildman–Crippen LogP) is 3.19. The number of halogens is 1. The number of para-hydroxylation sites is 2. The van der Waals surface area contributed by atoms with Crippen LogP contribution in [0.25, 0.3) is 5.69 Å². The first-order valence-electron chi connectivity index (χ1n) is 10.1. The van der Waals surface area contributed by atoms with Gasteiger partial charge in [0, 0.05) is 35.9 Å². The molecule has 0 spiro atoms. The van der Waals surface area contributed by atoms with E-state index in [4.69, 9.17) is 16.3 Å². The lowest BCUT2D eigenvalue weighted by Gasteiger charge is -2.30. The first-order chi connectivity index (χ1) is 15.8. The molecule has 0 saturated carbocycles. The van der Waals surface area contributed by atoms with Crippen molar-refractivity contribution in [1.82, 2.24) is 9.78 Å². The lowest BCUT2D eigenvalue weighted by Crippen LogP contribution is -2.37. The number of nitro groups is 1. The molecular formula is C22H20ClN5O5. The molecule has 11 heteroatoms. The van der Waals surface area contributed by atoms with Gasteiger partial charge in [-0.05, 0) is 31.2 Å². The SMILES string of the molecule is Cc1cc(=O)c(C(=O)Nc2cc(Cl)ccc2N2CCOCC2)nn1-c1ccccc1[N+](=O)[O-]. The smallest absolute Gasteiger partial charge is 0.294 e. The summed E-state index contributed by atoms with van der Waals surface area (Å²) < 4.78 is 6.60. The van der Waals surface area contributed by atoms with Gasteiger partial charge in [0.05, 0.1) is 29.5 Å². The van der Waals surface area contributed by atoms with Crippen molar-refractivity contribution in [3.05, 3.63) is 85.3 Å². The van der Waals surface area contributed by atoms with E-state index in [1.54, 1.807) is 31.2 Å². The van der Waals surface area contributed by atoms with Gasteiger partial charge in [-0.25, -0.2) is 4.68 Å². The second kappa shape index (κ2) is 9.39. The van der Waals surface area contributed by atoms with Crippen molar-refractivity contribution < 1.29 is 14.5 Å². The third kappa shape index (κ3) is 4.71. The summed E-state index contributed by atoms with van der Waals surface area (Å²) in [4.78, 5) is 38.6. The Bertz CT molecular complexity index is 1290. The number of rotatable bonds is 5. The summed E-state index contributed by atoms with van der Waals surface area (Å²) in [6.07, 6.45) is 0. The molecule has 0 bridgehead atoms. The van der Waals surface area contributed by atoms with E-state index >= 15 is 0 Å². The minimum Gasteiger partial charge on any atom is -0.378 e.